The first-order valence-electron chi connectivity index (χ1n) is 9.59. The Morgan fingerprint density at radius 2 is 2.13 bits per heavy atom. The van der Waals surface area contributed by atoms with Gasteiger partial charge in [-0.2, -0.15) is 4.99 Å². The van der Waals surface area contributed by atoms with Crippen LogP contribution in [-0.4, -0.2) is 37.7 Å². The molecule has 3 aromatic rings. The minimum Gasteiger partial charge on any atom is -0.325 e. The number of benzene rings is 1. The van der Waals surface area contributed by atoms with E-state index in [1.54, 1.807) is 20.0 Å². The maximum absolute atomic E-state index is 12.0. The lowest BCUT2D eigenvalue weighted by Crippen LogP contribution is -2.45. The number of imidazole rings is 1. The lowest BCUT2D eigenvalue weighted by Gasteiger charge is -2.17. The predicted molar refractivity (Wildman–Crippen MR) is 118 cm³/mol. The third-order valence-electron chi connectivity index (χ3n) is 4.46. The molecule has 0 radical (unpaired) electrons. The van der Waals surface area contributed by atoms with E-state index in [1.807, 2.05) is 40.9 Å². The zero-order valence-corrected chi connectivity index (χ0v) is 17.8. The molecule has 5 N–H and O–H groups in total. The van der Waals surface area contributed by atoms with Crippen LogP contribution in [0.1, 0.15) is 27.2 Å². The number of hydrogen-bond donors (Lipinski definition) is 4. The lowest BCUT2D eigenvalue weighted by molar-refractivity contribution is -0.120. The topological polar surface area (TPSA) is 122 Å². The fraction of sp³-hybridized carbons (Fsp3) is 0.300. The van der Waals surface area contributed by atoms with Crippen LogP contribution in [0.4, 0.5) is 11.6 Å². The molecule has 0 aliphatic carbocycles. The van der Waals surface area contributed by atoms with E-state index in [-0.39, 0.29) is 5.91 Å². The van der Waals surface area contributed by atoms with Crippen molar-refractivity contribution in [2.75, 3.05) is 5.32 Å². The van der Waals surface area contributed by atoms with Gasteiger partial charge in [-0.1, -0.05) is 11.8 Å². The van der Waals surface area contributed by atoms with Gasteiger partial charge in [0.15, 0.2) is 0 Å². The molecule has 1 aromatic carbocycles. The van der Waals surface area contributed by atoms with Crippen molar-refractivity contribution in [2.24, 2.45) is 10.7 Å². The van der Waals surface area contributed by atoms with Crippen molar-refractivity contribution in [3.63, 3.8) is 0 Å². The van der Waals surface area contributed by atoms with Crippen molar-refractivity contribution in [3.8, 4) is 0 Å². The predicted octanol–water partition coefficient (Wildman–Crippen LogP) is 2.47. The zero-order chi connectivity index (χ0) is 21.3. The number of nitrogens with zero attached hydrogens (tertiary/aromatic N) is 4. The molecule has 1 aliphatic heterocycles. The number of hydrogen-bond acceptors (Lipinski definition) is 7. The maximum Gasteiger partial charge on any atom is 0.243 e. The number of nitrogens with two attached hydrogens (primary N) is 1. The molecule has 0 spiro atoms. The summed E-state index contributed by atoms with van der Waals surface area (Å²) in [7, 11) is 0. The lowest BCUT2D eigenvalue weighted by atomic mass is 10.1. The van der Waals surface area contributed by atoms with Crippen LogP contribution in [-0.2, 0) is 4.79 Å². The summed E-state index contributed by atoms with van der Waals surface area (Å²) < 4.78 is 1.86. The number of carbonyl (C=O) groups is 1. The van der Waals surface area contributed by atoms with Gasteiger partial charge in [-0.25, -0.2) is 15.4 Å². The highest BCUT2D eigenvalue weighted by Crippen LogP contribution is 2.30. The standard InChI is InChI=1S/C20H24N8OS/c1-12-10-15(27-26-12)24-19-25-17(11-16-22-8-9-28(16)19)30-14-6-4-13(5-7-14)23-18(29)20(2,3)21/h4-9,11-12,26H,10,21H2,1-3H3,(H,23,29)(H,24,25,27). The summed E-state index contributed by atoms with van der Waals surface area (Å²) in [5.41, 5.74) is 12.6. The number of carbonyl (C=O) groups excluding carboxylic acids is 1. The molecule has 2 aromatic heterocycles. The molecule has 1 saturated heterocycles. The zero-order valence-electron chi connectivity index (χ0n) is 17.0. The summed E-state index contributed by atoms with van der Waals surface area (Å²) >= 11 is 1.50. The van der Waals surface area contributed by atoms with E-state index >= 15 is 0 Å². The molecule has 9 nitrogen and oxygen atoms in total. The van der Waals surface area contributed by atoms with Crippen molar-refractivity contribution in [1.29, 1.82) is 0 Å². The SMILES string of the molecule is CC1C/C(=N\c2nc(Sc3ccc(NC(=O)C(C)(C)N)cc3)cc3nccn23)NN1. The molecule has 1 amide bonds. The molecule has 1 aliphatic rings. The molecular formula is C20H24N8OS. The second-order valence-corrected chi connectivity index (χ2v) is 8.88. The van der Waals surface area contributed by atoms with E-state index in [2.05, 4.69) is 33.1 Å². The highest BCUT2D eigenvalue weighted by molar-refractivity contribution is 7.99. The van der Waals surface area contributed by atoms with Gasteiger partial charge in [0.05, 0.1) is 5.54 Å². The second kappa shape index (κ2) is 8.05. The number of aromatic nitrogens is 3. The van der Waals surface area contributed by atoms with Gasteiger partial charge in [0.1, 0.15) is 16.5 Å². The molecule has 0 saturated carbocycles. The van der Waals surface area contributed by atoms with Crippen molar-refractivity contribution in [2.45, 2.75) is 48.7 Å². The summed E-state index contributed by atoms with van der Waals surface area (Å²) in [6, 6.07) is 9.79. The normalized spacial score (nSPS) is 18.0. The van der Waals surface area contributed by atoms with E-state index in [0.717, 1.165) is 27.8 Å². The Morgan fingerprint density at radius 3 is 2.80 bits per heavy atom. The summed E-state index contributed by atoms with van der Waals surface area (Å²) in [5.74, 6) is 1.18. The molecule has 1 atom stereocenters. The molecule has 30 heavy (non-hydrogen) atoms. The maximum atomic E-state index is 12.0. The van der Waals surface area contributed by atoms with Crippen LogP contribution in [0.2, 0.25) is 0 Å². The van der Waals surface area contributed by atoms with E-state index in [1.165, 1.54) is 11.8 Å². The Bertz CT molecular complexity index is 1100. The number of rotatable bonds is 5. The van der Waals surface area contributed by atoms with Crippen molar-refractivity contribution < 1.29 is 4.79 Å². The number of amidine groups is 1. The summed E-state index contributed by atoms with van der Waals surface area (Å²) in [5, 5.41) is 3.60. The Morgan fingerprint density at radius 1 is 1.37 bits per heavy atom. The van der Waals surface area contributed by atoms with Gasteiger partial charge in [-0.05, 0) is 45.0 Å². The first kappa shape index (κ1) is 20.3. The van der Waals surface area contributed by atoms with Crippen LogP contribution in [0.15, 0.2) is 57.6 Å². The van der Waals surface area contributed by atoms with Gasteiger partial charge >= 0.3 is 0 Å². The molecule has 10 heteroatoms. The number of anilines is 1. The van der Waals surface area contributed by atoms with Crippen LogP contribution in [0.25, 0.3) is 5.65 Å². The van der Waals surface area contributed by atoms with Crippen LogP contribution in [0.5, 0.6) is 0 Å². The molecule has 156 valence electrons. The van der Waals surface area contributed by atoms with E-state index in [4.69, 9.17) is 10.7 Å². The average Bonchev–Trinajstić information content (AvgIpc) is 3.31. The molecule has 1 unspecified atom stereocenters. The third kappa shape index (κ3) is 4.61. The molecule has 1 fully saturated rings. The van der Waals surface area contributed by atoms with Crippen LogP contribution >= 0.6 is 11.8 Å². The fourth-order valence-corrected chi connectivity index (χ4v) is 3.63. The van der Waals surface area contributed by atoms with Gasteiger partial charge in [0.25, 0.3) is 0 Å². The number of aliphatic imine (C=N–C) groups is 1. The highest BCUT2D eigenvalue weighted by atomic mass is 32.2. The second-order valence-electron chi connectivity index (χ2n) is 7.79. The summed E-state index contributed by atoms with van der Waals surface area (Å²) in [6.07, 6.45) is 4.38. The number of fused-ring (bicyclic) bond motifs is 1. The molecule has 3 heterocycles. The quantitative estimate of drug-likeness (QED) is 0.464. The molecular weight excluding hydrogens is 400 g/mol. The van der Waals surface area contributed by atoms with Gasteiger partial charge in [0, 0.05) is 41.5 Å². The first-order chi connectivity index (χ1) is 14.3. The van der Waals surface area contributed by atoms with Crippen molar-refractivity contribution in [1.82, 2.24) is 25.2 Å². The van der Waals surface area contributed by atoms with Crippen LogP contribution < -0.4 is 21.9 Å². The number of amides is 1. The average molecular weight is 425 g/mol. The van der Waals surface area contributed by atoms with E-state index in [9.17, 15) is 4.79 Å². The fourth-order valence-electron chi connectivity index (χ4n) is 2.83. The largest absolute Gasteiger partial charge is 0.325 e. The van der Waals surface area contributed by atoms with Gasteiger partial charge in [-0.3, -0.25) is 9.20 Å². The Labute approximate surface area is 178 Å². The Hall–Kier alpha value is -2.95. The summed E-state index contributed by atoms with van der Waals surface area (Å²) in [4.78, 5) is 26.8. The molecule has 0 bridgehead atoms. The third-order valence-corrected chi connectivity index (χ3v) is 5.39. The van der Waals surface area contributed by atoms with Crippen LogP contribution in [0, 0.1) is 0 Å². The monoisotopic (exact) mass is 424 g/mol. The van der Waals surface area contributed by atoms with Crippen molar-refractivity contribution in [3.05, 3.63) is 42.7 Å². The highest BCUT2D eigenvalue weighted by Gasteiger charge is 2.21. The Balaban J connectivity index is 1.55. The van der Waals surface area contributed by atoms with Crippen molar-refractivity contribution >= 4 is 40.8 Å². The minimum atomic E-state index is -0.934. The van der Waals surface area contributed by atoms with E-state index in [0.29, 0.717) is 17.7 Å². The van der Waals surface area contributed by atoms with Gasteiger partial charge < -0.3 is 16.5 Å². The van der Waals surface area contributed by atoms with Gasteiger partial charge in [-0.15, -0.1) is 0 Å². The van der Waals surface area contributed by atoms with Gasteiger partial charge in [0.2, 0.25) is 11.9 Å². The smallest absolute Gasteiger partial charge is 0.243 e. The van der Waals surface area contributed by atoms with E-state index < -0.39 is 5.54 Å². The van der Waals surface area contributed by atoms with Crippen LogP contribution in [0.3, 0.4) is 0 Å². The number of nitrogens with one attached hydrogen (secondary N) is 3. The minimum absolute atomic E-state index is 0.234. The Kier molecular flexibility index (Phi) is 5.46. The molecule has 4 rings (SSSR count). The summed E-state index contributed by atoms with van der Waals surface area (Å²) in [6.45, 7) is 5.42. The number of hydrazine groups is 1. The first-order valence-corrected chi connectivity index (χ1v) is 10.4.